The molecule has 2 unspecified atom stereocenters. The Balaban J connectivity index is 1.57. The van der Waals surface area contributed by atoms with E-state index in [1.807, 2.05) is 18.2 Å². The minimum absolute atomic E-state index is 0.0428. The second kappa shape index (κ2) is 6.60. The molecular formula is C21H21F2NO. The molecule has 2 heterocycles. The van der Waals surface area contributed by atoms with Crippen LogP contribution in [0.15, 0.2) is 53.1 Å². The summed E-state index contributed by atoms with van der Waals surface area (Å²) in [6, 6.07) is 12.9. The molecular weight excluding hydrogens is 320 g/mol. The third kappa shape index (κ3) is 3.07. The molecule has 0 spiro atoms. The highest BCUT2D eigenvalue weighted by Crippen LogP contribution is 2.39. The van der Waals surface area contributed by atoms with Crippen molar-refractivity contribution in [3.63, 3.8) is 0 Å². The number of hydrogen-bond donors (Lipinski definition) is 0. The van der Waals surface area contributed by atoms with Crippen molar-refractivity contribution in [1.29, 1.82) is 0 Å². The zero-order chi connectivity index (χ0) is 17.4. The molecule has 2 nitrogen and oxygen atoms in total. The molecule has 3 aromatic rings. The first-order chi connectivity index (χ1) is 12.1. The van der Waals surface area contributed by atoms with Crippen molar-refractivity contribution in [1.82, 2.24) is 4.90 Å². The van der Waals surface area contributed by atoms with E-state index >= 15 is 0 Å². The van der Waals surface area contributed by atoms with Crippen molar-refractivity contribution in [3.05, 3.63) is 71.5 Å². The van der Waals surface area contributed by atoms with Gasteiger partial charge in [-0.05, 0) is 36.4 Å². The van der Waals surface area contributed by atoms with E-state index in [-0.39, 0.29) is 11.8 Å². The molecule has 1 aliphatic heterocycles. The number of fused-ring (bicyclic) bond motifs is 1. The van der Waals surface area contributed by atoms with Gasteiger partial charge in [-0.1, -0.05) is 37.3 Å². The summed E-state index contributed by atoms with van der Waals surface area (Å²) in [6.45, 7) is 4.82. The van der Waals surface area contributed by atoms with Crippen LogP contribution in [0.5, 0.6) is 0 Å². The summed E-state index contributed by atoms with van der Waals surface area (Å²) in [7, 11) is 0. The second-order valence-electron chi connectivity index (χ2n) is 7.01. The van der Waals surface area contributed by atoms with Crippen molar-refractivity contribution in [3.8, 4) is 0 Å². The summed E-state index contributed by atoms with van der Waals surface area (Å²) >= 11 is 0. The number of hydrogen-bond acceptors (Lipinski definition) is 2. The molecule has 1 aromatic heterocycles. The molecule has 2 aromatic carbocycles. The van der Waals surface area contributed by atoms with Crippen LogP contribution in [0, 0.1) is 17.6 Å². The largest absolute Gasteiger partial charge is 0.464 e. The SMILES string of the molecule is CC1CN(Cc2ccccc2)CCC1c1c(F)cc(F)c2ccoc12. The fourth-order valence-electron chi connectivity index (χ4n) is 4.07. The lowest BCUT2D eigenvalue weighted by atomic mass is 9.80. The highest BCUT2D eigenvalue weighted by Gasteiger charge is 2.32. The summed E-state index contributed by atoms with van der Waals surface area (Å²) in [5.74, 6) is -0.737. The monoisotopic (exact) mass is 341 g/mol. The maximum atomic E-state index is 14.5. The zero-order valence-corrected chi connectivity index (χ0v) is 14.2. The zero-order valence-electron chi connectivity index (χ0n) is 14.2. The average Bonchev–Trinajstić information content (AvgIpc) is 3.07. The first-order valence-corrected chi connectivity index (χ1v) is 8.75. The number of rotatable bonds is 3. The molecule has 4 heteroatoms. The molecule has 25 heavy (non-hydrogen) atoms. The maximum Gasteiger partial charge on any atom is 0.143 e. The second-order valence-corrected chi connectivity index (χ2v) is 7.01. The number of benzene rings is 2. The van der Waals surface area contributed by atoms with Gasteiger partial charge in [0, 0.05) is 24.7 Å². The Morgan fingerprint density at radius 3 is 2.68 bits per heavy atom. The minimum atomic E-state index is -0.556. The van der Waals surface area contributed by atoms with E-state index in [1.54, 1.807) is 6.07 Å². The Bertz CT molecular complexity index is 874. The van der Waals surface area contributed by atoms with Gasteiger partial charge in [-0.15, -0.1) is 0 Å². The van der Waals surface area contributed by atoms with Crippen molar-refractivity contribution < 1.29 is 13.2 Å². The molecule has 0 saturated carbocycles. The van der Waals surface area contributed by atoms with Crippen LogP contribution in [0.4, 0.5) is 8.78 Å². The molecule has 0 amide bonds. The number of piperidine rings is 1. The Morgan fingerprint density at radius 2 is 1.92 bits per heavy atom. The van der Waals surface area contributed by atoms with Crippen molar-refractivity contribution in [2.24, 2.45) is 5.92 Å². The summed E-state index contributed by atoms with van der Waals surface area (Å²) in [6.07, 6.45) is 2.28. The third-order valence-electron chi connectivity index (χ3n) is 5.29. The maximum absolute atomic E-state index is 14.5. The quantitative estimate of drug-likeness (QED) is 0.640. The fraction of sp³-hybridized carbons (Fsp3) is 0.333. The van der Waals surface area contributed by atoms with Crippen LogP contribution in [0.1, 0.15) is 30.4 Å². The fourth-order valence-corrected chi connectivity index (χ4v) is 4.07. The van der Waals surface area contributed by atoms with Crippen LogP contribution >= 0.6 is 0 Å². The lowest BCUT2D eigenvalue weighted by Crippen LogP contribution is -2.38. The number of nitrogens with zero attached hydrogens (tertiary/aromatic N) is 1. The first kappa shape index (κ1) is 16.3. The number of furan rings is 1. The van der Waals surface area contributed by atoms with E-state index in [0.717, 1.165) is 32.1 Å². The molecule has 1 saturated heterocycles. The highest BCUT2D eigenvalue weighted by atomic mass is 19.1. The van der Waals surface area contributed by atoms with Gasteiger partial charge in [-0.25, -0.2) is 8.78 Å². The lowest BCUT2D eigenvalue weighted by molar-refractivity contribution is 0.154. The van der Waals surface area contributed by atoms with Crippen LogP contribution < -0.4 is 0 Å². The Kier molecular flexibility index (Phi) is 4.30. The van der Waals surface area contributed by atoms with Crippen molar-refractivity contribution in [2.45, 2.75) is 25.8 Å². The first-order valence-electron chi connectivity index (χ1n) is 8.75. The average molecular weight is 341 g/mol. The van der Waals surface area contributed by atoms with Gasteiger partial charge in [0.25, 0.3) is 0 Å². The van der Waals surface area contributed by atoms with Crippen LogP contribution in [-0.4, -0.2) is 18.0 Å². The van der Waals surface area contributed by atoms with Gasteiger partial charge in [-0.3, -0.25) is 4.90 Å². The van der Waals surface area contributed by atoms with E-state index in [1.165, 1.54) is 11.8 Å². The summed E-state index contributed by atoms with van der Waals surface area (Å²) in [5, 5.41) is 0.371. The molecule has 1 fully saturated rings. The van der Waals surface area contributed by atoms with Crippen LogP contribution in [0.2, 0.25) is 0 Å². The van der Waals surface area contributed by atoms with E-state index < -0.39 is 11.6 Å². The minimum Gasteiger partial charge on any atom is -0.464 e. The molecule has 0 bridgehead atoms. The molecule has 2 atom stereocenters. The number of likely N-dealkylation sites (tertiary alicyclic amines) is 1. The van der Waals surface area contributed by atoms with Gasteiger partial charge in [0.1, 0.15) is 17.2 Å². The highest BCUT2D eigenvalue weighted by molar-refractivity contribution is 5.81. The predicted octanol–water partition coefficient (Wildman–Crippen LogP) is 5.34. The van der Waals surface area contributed by atoms with Crippen molar-refractivity contribution >= 4 is 11.0 Å². The Hall–Kier alpha value is -2.20. The van der Waals surface area contributed by atoms with Gasteiger partial charge < -0.3 is 4.42 Å². The number of halogens is 2. The van der Waals surface area contributed by atoms with Gasteiger partial charge in [0.15, 0.2) is 0 Å². The van der Waals surface area contributed by atoms with E-state index in [0.29, 0.717) is 16.5 Å². The van der Waals surface area contributed by atoms with Gasteiger partial charge in [0.2, 0.25) is 0 Å². The topological polar surface area (TPSA) is 16.4 Å². The predicted molar refractivity (Wildman–Crippen MR) is 94.4 cm³/mol. The van der Waals surface area contributed by atoms with Crippen LogP contribution in [0.25, 0.3) is 11.0 Å². The molecule has 4 rings (SSSR count). The standard InChI is InChI=1S/C21H21F2NO/c1-14-12-24(13-15-5-3-2-4-6-15)9-7-16(14)20-19(23)11-18(22)17-8-10-25-21(17)20/h2-6,8,10-11,14,16H,7,9,12-13H2,1H3. The van der Waals surface area contributed by atoms with Gasteiger partial charge >= 0.3 is 0 Å². The van der Waals surface area contributed by atoms with E-state index in [4.69, 9.17) is 4.42 Å². The summed E-state index contributed by atoms with van der Waals surface area (Å²) in [5.41, 5.74) is 2.19. The smallest absolute Gasteiger partial charge is 0.143 e. The Morgan fingerprint density at radius 1 is 1.12 bits per heavy atom. The van der Waals surface area contributed by atoms with Crippen molar-refractivity contribution in [2.75, 3.05) is 13.1 Å². The molecule has 1 aliphatic rings. The molecule has 130 valence electrons. The van der Waals surface area contributed by atoms with E-state index in [2.05, 4.69) is 24.0 Å². The molecule has 0 radical (unpaired) electrons. The van der Waals surface area contributed by atoms with Crippen LogP contribution in [-0.2, 0) is 6.54 Å². The molecule has 0 aliphatic carbocycles. The van der Waals surface area contributed by atoms with Gasteiger partial charge in [-0.2, -0.15) is 0 Å². The lowest BCUT2D eigenvalue weighted by Gasteiger charge is -2.37. The summed E-state index contributed by atoms with van der Waals surface area (Å²) in [4.78, 5) is 2.40. The summed E-state index contributed by atoms with van der Waals surface area (Å²) < 4.78 is 33.9. The normalized spacial score (nSPS) is 21.7. The molecule has 0 N–H and O–H groups in total. The van der Waals surface area contributed by atoms with Crippen LogP contribution in [0.3, 0.4) is 0 Å². The van der Waals surface area contributed by atoms with Gasteiger partial charge in [0.05, 0.1) is 11.6 Å². The third-order valence-corrected chi connectivity index (χ3v) is 5.29. The Labute approximate surface area is 146 Å². The van der Waals surface area contributed by atoms with E-state index in [9.17, 15) is 8.78 Å².